The molecule has 1 heterocycles. The van der Waals surface area contributed by atoms with Crippen LogP contribution in [-0.4, -0.2) is 15.3 Å². The Morgan fingerprint density at radius 3 is 2.65 bits per heavy atom. The highest BCUT2D eigenvalue weighted by Crippen LogP contribution is 2.16. The summed E-state index contributed by atoms with van der Waals surface area (Å²) in [5.41, 5.74) is 3.11. The van der Waals surface area contributed by atoms with Crippen molar-refractivity contribution in [2.45, 2.75) is 26.8 Å². The lowest BCUT2D eigenvalue weighted by Gasteiger charge is -2.12. The van der Waals surface area contributed by atoms with Gasteiger partial charge in [0.1, 0.15) is 0 Å². The van der Waals surface area contributed by atoms with E-state index in [-0.39, 0.29) is 11.8 Å². The highest BCUT2D eigenvalue weighted by Gasteiger charge is 2.16. The average molecular weight is 228 g/mol. The van der Waals surface area contributed by atoms with Gasteiger partial charge in [-0.25, -0.2) is 4.98 Å². The quantitative estimate of drug-likeness (QED) is 0.757. The van der Waals surface area contributed by atoms with E-state index in [4.69, 9.17) is 0 Å². The third-order valence-electron chi connectivity index (χ3n) is 3.14. The number of imidazole rings is 1. The van der Waals surface area contributed by atoms with Gasteiger partial charge in [0, 0.05) is 18.0 Å². The predicted molar refractivity (Wildman–Crippen MR) is 67.2 cm³/mol. The molecule has 0 amide bonds. The lowest BCUT2D eigenvalue weighted by molar-refractivity contribution is 0.0935. The second kappa shape index (κ2) is 4.53. The van der Waals surface area contributed by atoms with Crippen molar-refractivity contribution in [3.05, 3.63) is 53.6 Å². The molecule has 0 N–H and O–H groups in total. The van der Waals surface area contributed by atoms with Crippen molar-refractivity contribution in [1.29, 1.82) is 0 Å². The molecule has 0 aliphatic carbocycles. The maximum atomic E-state index is 12.3. The van der Waals surface area contributed by atoms with Gasteiger partial charge in [-0.3, -0.25) is 4.79 Å². The molecule has 0 radical (unpaired) electrons. The first-order valence-corrected chi connectivity index (χ1v) is 5.68. The smallest absolute Gasteiger partial charge is 0.185 e. The summed E-state index contributed by atoms with van der Waals surface area (Å²) < 4.78 is 1.82. The van der Waals surface area contributed by atoms with Gasteiger partial charge in [0.15, 0.2) is 5.78 Å². The predicted octanol–water partition coefficient (Wildman–Crippen LogP) is 2.94. The number of rotatable bonds is 3. The zero-order valence-electron chi connectivity index (χ0n) is 10.3. The Kier molecular flexibility index (Phi) is 3.09. The molecular weight excluding hydrogens is 212 g/mol. The van der Waals surface area contributed by atoms with Crippen LogP contribution in [0.5, 0.6) is 0 Å². The molecule has 1 aromatic carbocycles. The van der Waals surface area contributed by atoms with Gasteiger partial charge in [0.2, 0.25) is 0 Å². The van der Waals surface area contributed by atoms with E-state index in [1.165, 1.54) is 5.56 Å². The lowest BCUT2D eigenvalue weighted by atomic mass is 10.0. The van der Waals surface area contributed by atoms with Gasteiger partial charge in [-0.1, -0.05) is 12.1 Å². The zero-order valence-corrected chi connectivity index (χ0v) is 10.3. The summed E-state index contributed by atoms with van der Waals surface area (Å²) in [6.07, 6.45) is 5.16. The van der Waals surface area contributed by atoms with Crippen LogP contribution in [0.15, 0.2) is 36.9 Å². The Morgan fingerprint density at radius 2 is 2.06 bits per heavy atom. The number of hydrogen-bond donors (Lipinski definition) is 0. The highest BCUT2D eigenvalue weighted by molar-refractivity contribution is 5.99. The first-order valence-electron chi connectivity index (χ1n) is 5.68. The van der Waals surface area contributed by atoms with E-state index in [2.05, 4.69) is 4.98 Å². The van der Waals surface area contributed by atoms with Crippen LogP contribution in [0.4, 0.5) is 0 Å². The fraction of sp³-hybridized carbons (Fsp3) is 0.286. The van der Waals surface area contributed by atoms with E-state index in [1.54, 1.807) is 12.5 Å². The minimum atomic E-state index is -0.209. The van der Waals surface area contributed by atoms with Gasteiger partial charge in [0.05, 0.1) is 12.4 Å². The Hall–Kier alpha value is -1.90. The number of benzene rings is 1. The number of carbonyl (C=O) groups is 1. The molecule has 0 bridgehead atoms. The summed E-state index contributed by atoms with van der Waals surface area (Å²) in [7, 11) is 0. The van der Waals surface area contributed by atoms with E-state index in [1.807, 2.05) is 49.7 Å². The number of aryl methyl sites for hydroxylation is 2. The van der Waals surface area contributed by atoms with Gasteiger partial charge in [-0.2, -0.15) is 0 Å². The molecule has 3 nitrogen and oxygen atoms in total. The highest BCUT2D eigenvalue weighted by atomic mass is 16.1. The maximum absolute atomic E-state index is 12.3. The largest absolute Gasteiger partial charge is 0.327 e. The molecule has 1 aromatic heterocycles. The average Bonchev–Trinajstić information content (AvgIpc) is 2.84. The third kappa shape index (κ3) is 2.28. The third-order valence-corrected chi connectivity index (χ3v) is 3.14. The van der Waals surface area contributed by atoms with Crippen molar-refractivity contribution in [3.8, 4) is 0 Å². The van der Waals surface area contributed by atoms with Gasteiger partial charge in [0.25, 0.3) is 0 Å². The van der Waals surface area contributed by atoms with E-state index < -0.39 is 0 Å². The minimum Gasteiger partial charge on any atom is -0.327 e. The standard InChI is InChI=1S/C14H16N2O/c1-10-4-5-13(8-11(10)2)14(17)12(3)16-7-6-15-9-16/h4-9,12H,1-3H3. The van der Waals surface area contributed by atoms with E-state index >= 15 is 0 Å². The molecule has 0 spiro atoms. The molecule has 2 rings (SSSR count). The molecule has 0 fully saturated rings. The number of Topliss-reactive ketones (excluding diaryl/α,β-unsaturated/α-hetero) is 1. The number of nitrogens with zero attached hydrogens (tertiary/aromatic N) is 2. The molecule has 0 saturated heterocycles. The SMILES string of the molecule is Cc1ccc(C(=O)C(C)n2ccnc2)cc1C. The maximum Gasteiger partial charge on any atom is 0.185 e. The van der Waals surface area contributed by atoms with Gasteiger partial charge < -0.3 is 4.57 Å². The Labute approximate surface area is 101 Å². The van der Waals surface area contributed by atoms with Gasteiger partial charge >= 0.3 is 0 Å². The number of hydrogen-bond acceptors (Lipinski definition) is 2. The summed E-state index contributed by atoms with van der Waals surface area (Å²) >= 11 is 0. The fourth-order valence-electron chi connectivity index (χ4n) is 1.77. The summed E-state index contributed by atoms with van der Waals surface area (Å²) in [4.78, 5) is 16.2. The first-order chi connectivity index (χ1) is 8.09. The van der Waals surface area contributed by atoms with Gasteiger partial charge in [-0.05, 0) is 38.0 Å². The van der Waals surface area contributed by atoms with Crippen molar-refractivity contribution in [3.63, 3.8) is 0 Å². The lowest BCUT2D eigenvalue weighted by Crippen LogP contribution is -2.15. The molecule has 1 unspecified atom stereocenters. The Bertz CT molecular complexity index is 529. The Balaban J connectivity index is 2.28. The normalized spacial score (nSPS) is 12.4. The molecular formula is C14H16N2O. The minimum absolute atomic E-state index is 0.117. The van der Waals surface area contributed by atoms with Crippen LogP contribution in [0, 0.1) is 13.8 Å². The molecule has 2 aromatic rings. The monoisotopic (exact) mass is 228 g/mol. The molecule has 0 aliphatic rings. The summed E-state index contributed by atoms with van der Waals surface area (Å²) in [6, 6.07) is 5.62. The number of aromatic nitrogens is 2. The topological polar surface area (TPSA) is 34.9 Å². The molecule has 0 aliphatic heterocycles. The van der Waals surface area contributed by atoms with Crippen LogP contribution in [0.25, 0.3) is 0 Å². The van der Waals surface area contributed by atoms with Crippen LogP contribution in [0.3, 0.4) is 0 Å². The van der Waals surface area contributed by atoms with Crippen molar-refractivity contribution in [2.24, 2.45) is 0 Å². The second-order valence-corrected chi connectivity index (χ2v) is 4.35. The van der Waals surface area contributed by atoms with E-state index in [0.29, 0.717) is 0 Å². The molecule has 0 saturated carbocycles. The van der Waals surface area contributed by atoms with Crippen LogP contribution in [0.1, 0.15) is 34.5 Å². The summed E-state index contributed by atoms with van der Waals surface area (Å²) in [6.45, 7) is 5.95. The number of ketones is 1. The Morgan fingerprint density at radius 1 is 1.29 bits per heavy atom. The van der Waals surface area contributed by atoms with E-state index in [0.717, 1.165) is 11.1 Å². The van der Waals surface area contributed by atoms with Gasteiger partial charge in [-0.15, -0.1) is 0 Å². The van der Waals surface area contributed by atoms with Crippen molar-refractivity contribution >= 4 is 5.78 Å². The molecule has 1 atom stereocenters. The first kappa shape index (κ1) is 11.6. The molecule has 88 valence electrons. The zero-order chi connectivity index (χ0) is 12.4. The number of carbonyl (C=O) groups excluding carboxylic acids is 1. The van der Waals surface area contributed by atoms with Crippen molar-refractivity contribution < 1.29 is 4.79 Å². The summed E-state index contributed by atoms with van der Waals surface area (Å²) in [5, 5.41) is 0. The van der Waals surface area contributed by atoms with Crippen LogP contribution in [-0.2, 0) is 0 Å². The van der Waals surface area contributed by atoms with Crippen molar-refractivity contribution in [2.75, 3.05) is 0 Å². The van der Waals surface area contributed by atoms with Crippen molar-refractivity contribution in [1.82, 2.24) is 9.55 Å². The van der Waals surface area contributed by atoms with Crippen LogP contribution in [0.2, 0.25) is 0 Å². The molecule has 17 heavy (non-hydrogen) atoms. The van der Waals surface area contributed by atoms with E-state index in [9.17, 15) is 4.79 Å². The van der Waals surface area contributed by atoms with Crippen LogP contribution >= 0.6 is 0 Å². The second-order valence-electron chi connectivity index (χ2n) is 4.35. The fourth-order valence-corrected chi connectivity index (χ4v) is 1.77. The molecule has 3 heteroatoms. The summed E-state index contributed by atoms with van der Waals surface area (Å²) in [5.74, 6) is 0.117. The van der Waals surface area contributed by atoms with Crippen LogP contribution < -0.4 is 0 Å².